The van der Waals surface area contributed by atoms with Crippen LogP contribution in [0.4, 0.5) is 11.6 Å². The molecule has 0 unspecified atom stereocenters. The topological polar surface area (TPSA) is 70.1 Å². The Morgan fingerprint density at radius 3 is 2.24 bits per heavy atom. The minimum atomic E-state index is -0.0962. The maximum Gasteiger partial charge on any atom is 0.138 e. The van der Waals surface area contributed by atoms with E-state index in [9.17, 15) is 0 Å². The molecule has 5 heteroatoms. The molecule has 0 fully saturated rings. The predicted octanol–water partition coefficient (Wildman–Crippen LogP) is 1.61. The lowest BCUT2D eigenvalue weighted by atomic mass is 9.96. The summed E-state index contributed by atoms with van der Waals surface area (Å²) < 4.78 is 0. The first-order valence-corrected chi connectivity index (χ1v) is 5.95. The lowest BCUT2D eigenvalue weighted by Gasteiger charge is -2.19. The minimum absolute atomic E-state index is 0.0887. The number of aliphatic hydroxyl groups excluding tert-OH is 1. The molecule has 0 bridgehead atoms. The second-order valence-corrected chi connectivity index (χ2v) is 4.89. The molecule has 0 radical (unpaired) electrons. The number of rotatable bonds is 5. The van der Waals surface area contributed by atoms with Crippen LogP contribution in [0.5, 0.6) is 0 Å². The van der Waals surface area contributed by atoms with Crippen LogP contribution < -0.4 is 10.6 Å². The Balaban J connectivity index is 3.01. The van der Waals surface area contributed by atoms with E-state index in [4.69, 9.17) is 5.11 Å². The van der Waals surface area contributed by atoms with Crippen LogP contribution in [0, 0.1) is 0 Å². The molecule has 3 N–H and O–H groups in total. The second kappa shape index (κ2) is 5.82. The predicted molar refractivity (Wildman–Crippen MR) is 70.5 cm³/mol. The van der Waals surface area contributed by atoms with Crippen molar-refractivity contribution in [2.24, 2.45) is 0 Å². The van der Waals surface area contributed by atoms with Gasteiger partial charge in [0.15, 0.2) is 0 Å². The minimum Gasteiger partial charge on any atom is -0.395 e. The van der Waals surface area contributed by atoms with E-state index in [0.717, 1.165) is 24.0 Å². The Morgan fingerprint density at radius 1 is 1.18 bits per heavy atom. The van der Waals surface area contributed by atoms with Crippen LogP contribution >= 0.6 is 0 Å². The van der Waals surface area contributed by atoms with Gasteiger partial charge in [-0.2, -0.15) is 0 Å². The van der Waals surface area contributed by atoms with Crippen molar-refractivity contribution in [3.8, 4) is 0 Å². The summed E-state index contributed by atoms with van der Waals surface area (Å²) in [6.07, 6.45) is 0. The van der Waals surface area contributed by atoms with E-state index in [1.807, 2.05) is 13.0 Å². The third kappa shape index (κ3) is 4.19. The molecule has 1 rings (SSSR count). The van der Waals surface area contributed by atoms with Gasteiger partial charge in [0.1, 0.15) is 17.5 Å². The highest BCUT2D eigenvalue weighted by Gasteiger charge is 2.18. The molecule has 1 aromatic heterocycles. The molecular weight excluding hydrogens is 216 g/mol. The molecule has 96 valence electrons. The van der Waals surface area contributed by atoms with E-state index in [2.05, 4.69) is 41.4 Å². The fourth-order valence-corrected chi connectivity index (χ4v) is 1.33. The molecule has 0 saturated heterocycles. The number of aliphatic hydroxyl groups is 1. The number of hydrogen-bond donors (Lipinski definition) is 3. The van der Waals surface area contributed by atoms with Crippen molar-refractivity contribution < 1.29 is 5.11 Å². The average Bonchev–Trinajstić information content (AvgIpc) is 2.25. The van der Waals surface area contributed by atoms with Gasteiger partial charge in [-0.15, -0.1) is 0 Å². The quantitative estimate of drug-likeness (QED) is 0.727. The van der Waals surface area contributed by atoms with Crippen LogP contribution in [0.3, 0.4) is 0 Å². The molecule has 5 nitrogen and oxygen atoms in total. The highest BCUT2D eigenvalue weighted by molar-refractivity contribution is 5.48. The van der Waals surface area contributed by atoms with Gasteiger partial charge in [0.05, 0.1) is 6.61 Å². The summed E-state index contributed by atoms with van der Waals surface area (Å²) in [7, 11) is 0. The van der Waals surface area contributed by atoms with E-state index in [1.165, 1.54) is 0 Å². The highest BCUT2D eigenvalue weighted by atomic mass is 16.3. The van der Waals surface area contributed by atoms with Gasteiger partial charge in [0.2, 0.25) is 0 Å². The zero-order valence-corrected chi connectivity index (χ0v) is 11.0. The van der Waals surface area contributed by atoms with Crippen molar-refractivity contribution in [1.82, 2.24) is 9.97 Å². The molecule has 0 spiro atoms. The summed E-state index contributed by atoms with van der Waals surface area (Å²) >= 11 is 0. The monoisotopic (exact) mass is 238 g/mol. The normalized spacial score (nSPS) is 11.4. The van der Waals surface area contributed by atoms with Crippen LogP contribution in [-0.2, 0) is 5.41 Å². The molecule has 0 aromatic carbocycles. The fourth-order valence-electron chi connectivity index (χ4n) is 1.33. The van der Waals surface area contributed by atoms with E-state index in [0.29, 0.717) is 6.54 Å². The van der Waals surface area contributed by atoms with Crippen LogP contribution in [0.25, 0.3) is 0 Å². The standard InChI is InChI=1S/C12H22N4O/c1-5-13-9-8-10(14-6-7-17)16-11(15-9)12(2,3)4/h8,17H,5-7H2,1-4H3,(H2,13,14,15,16). The summed E-state index contributed by atoms with van der Waals surface area (Å²) in [4.78, 5) is 8.93. The van der Waals surface area contributed by atoms with Gasteiger partial charge in [-0.25, -0.2) is 9.97 Å². The SMILES string of the molecule is CCNc1cc(NCCO)nc(C(C)(C)C)n1. The zero-order valence-electron chi connectivity index (χ0n) is 11.0. The van der Waals surface area contributed by atoms with Crippen molar-refractivity contribution in [3.63, 3.8) is 0 Å². The fraction of sp³-hybridized carbons (Fsp3) is 0.667. The van der Waals surface area contributed by atoms with Crippen LogP contribution in [-0.4, -0.2) is 34.8 Å². The van der Waals surface area contributed by atoms with E-state index < -0.39 is 0 Å². The highest BCUT2D eigenvalue weighted by Crippen LogP contribution is 2.22. The first kappa shape index (κ1) is 13.7. The van der Waals surface area contributed by atoms with E-state index in [1.54, 1.807) is 0 Å². The van der Waals surface area contributed by atoms with Gasteiger partial charge >= 0.3 is 0 Å². The number of anilines is 2. The molecule has 0 amide bonds. The molecule has 0 aliphatic heterocycles. The third-order valence-electron chi connectivity index (χ3n) is 2.17. The summed E-state index contributed by atoms with van der Waals surface area (Å²) in [6, 6.07) is 1.86. The smallest absolute Gasteiger partial charge is 0.138 e. The Kier molecular flexibility index (Phi) is 4.69. The molecule has 1 aromatic rings. The zero-order chi connectivity index (χ0) is 12.9. The lowest BCUT2D eigenvalue weighted by Crippen LogP contribution is -2.19. The molecule has 0 atom stereocenters. The summed E-state index contributed by atoms with van der Waals surface area (Å²) in [5.74, 6) is 2.35. The third-order valence-corrected chi connectivity index (χ3v) is 2.17. The van der Waals surface area contributed by atoms with Crippen molar-refractivity contribution >= 4 is 11.6 Å². The van der Waals surface area contributed by atoms with Crippen molar-refractivity contribution in [3.05, 3.63) is 11.9 Å². The first-order valence-electron chi connectivity index (χ1n) is 5.95. The maximum atomic E-state index is 8.81. The molecule has 0 aliphatic rings. The summed E-state index contributed by atoms with van der Waals surface area (Å²) in [6.45, 7) is 9.66. The number of nitrogens with one attached hydrogen (secondary N) is 2. The number of aromatic nitrogens is 2. The van der Waals surface area contributed by atoms with Crippen molar-refractivity contribution in [2.75, 3.05) is 30.3 Å². The Morgan fingerprint density at radius 2 is 1.76 bits per heavy atom. The lowest BCUT2D eigenvalue weighted by molar-refractivity contribution is 0.311. The maximum absolute atomic E-state index is 8.81. The molecule has 0 saturated carbocycles. The number of hydrogen-bond acceptors (Lipinski definition) is 5. The van der Waals surface area contributed by atoms with E-state index >= 15 is 0 Å². The molecule has 17 heavy (non-hydrogen) atoms. The van der Waals surface area contributed by atoms with Gasteiger partial charge in [-0.3, -0.25) is 0 Å². The average molecular weight is 238 g/mol. The van der Waals surface area contributed by atoms with Crippen LogP contribution in [0.1, 0.15) is 33.5 Å². The van der Waals surface area contributed by atoms with Crippen LogP contribution in [0.15, 0.2) is 6.07 Å². The Labute approximate surface area is 103 Å². The van der Waals surface area contributed by atoms with Crippen LogP contribution in [0.2, 0.25) is 0 Å². The first-order chi connectivity index (χ1) is 7.97. The Hall–Kier alpha value is -1.36. The van der Waals surface area contributed by atoms with Gasteiger partial charge < -0.3 is 15.7 Å². The van der Waals surface area contributed by atoms with Gasteiger partial charge in [0.25, 0.3) is 0 Å². The Bertz CT molecular complexity index is 360. The van der Waals surface area contributed by atoms with Gasteiger partial charge in [-0.1, -0.05) is 20.8 Å². The van der Waals surface area contributed by atoms with Crippen molar-refractivity contribution in [2.45, 2.75) is 33.1 Å². The summed E-state index contributed by atoms with van der Waals surface area (Å²) in [5, 5.41) is 15.1. The van der Waals surface area contributed by atoms with Gasteiger partial charge in [0, 0.05) is 24.6 Å². The molecule has 0 aliphatic carbocycles. The van der Waals surface area contributed by atoms with E-state index in [-0.39, 0.29) is 12.0 Å². The largest absolute Gasteiger partial charge is 0.395 e. The van der Waals surface area contributed by atoms with Gasteiger partial charge in [-0.05, 0) is 6.92 Å². The second-order valence-electron chi connectivity index (χ2n) is 4.89. The number of nitrogens with zero attached hydrogens (tertiary/aromatic N) is 2. The molecular formula is C12H22N4O. The summed E-state index contributed by atoms with van der Waals surface area (Å²) in [5.41, 5.74) is -0.0962. The van der Waals surface area contributed by atoms with Crippen molar-refractivity contribution in [1.29, 1.82) is 0 Å². The molecule has 1 heterocycles.